The maximum Gasteiger partial charge on any atom is 0.287 e. The number of carbonyl (C=O) groups excluding carboxylic acids is 1. The van der Waals surface area contributed by atoms with Gasteiger partial charge < -0.3 is 14.8 Å². The minimum absolute atomic E-state index is 0.00833. The van der Waals surface area contributed by atoms with E-state index in [0.717, 1.165) is 21.8 Å². The molecule has 0 aliphatic heterocycles. The zero-order valence-electron chi connectivity index (χ0n) is 11.6. The molecule has 4 nitrogen and oxygen atoms in total. The van der Waals surface area contributed by atoms with Crippen molar-refractivity contribution >= 4 is 32.8 Å². The largest absolute Gasteiger partial charge is 0.451 e. The van der Waals surface area contributed by atoms with E-state index >= 15 is 0 Å². The van der Waals surface area contributed by atoms with Crippen LogP contribution in [0.3, 0.4) is 0 Å². The van der Waals surface area contributed by atoms with E-state index in [4.69, 9.17) is 9.52 Å². The van der Waals surface area contributed by atoms with Crippen molar-refractivity contribution in [3.63, 3.8) is 0 Å². The summed E-state index contributed by atoms with van der Waals surface area (Å²) in [5.74, 6) is 0.147. The number of aliphatic hydroxyl groups is 1. The molecule has 0 saturated carbocycles. The summed E-state index contributed by atoms with van der Waals surface area (Å²) in [5, 5.41) is 12.6. The second-order valence-corrected chi connectivity index (χ2v) is 5.85. The Hall–Kier alpha value is -1.33. The first-order valence-electron chi connectivity index (χ1n) is 6.63. The summed E-state index contributed by atoms with van der Waals surface area (Å²) in [6.45, 7) is 3.94. The average Bonchev–Trinajstić information content (AvgIpc) is 2.74. The Labute approximate surface area is 126 Å². The zero-order valence-corrected chi connectivity index (χ0v) is 13.2. The molecular formula is C15H18BrNO3. The van der Waals surface area contributed by atoms with Crippen molar-refractivity contribution in [2.24, 2.45) is 0 Å². The Morgan fingerprint density at radius 3 is 2.95 bits per heavy atom. The van der Waals surface area contributed by atoms with E-state index in [0.29, 0.717) is 17.8 Å². The Morgan fingerprint density at radius 1 is 1.50 bits per heavy atom. The van der Waals surface area contributed by atoms with Crippen molar-refractivity contribution in [2.75, 3.05) is 6.61 Å². The van der Waals surface area contributed by atoms with Gasteiger partial charge in [0, 0.05) is 28.1 Å². The second kappa shape index (κ2) is 6.41. The fraction of sp³-hybridized carbons (Fsp3) is 0.400. The summed E-state index contributed by atoms with van der Waals surface area (Å²) in [7, 11) is 0. The number of halogens is 1. The molecule has 2 aromatic rings. The molecule has 1 heterocycles. The number of carbonyl (C=O) groups is 1. The Balaban J connectivity index is 2.20. The van der Waals surface area contributed by atoms with Crippen LogP contribution in [0.15, 0.2) is 27.1 Å². The first kappa shape index (κ1) is 15.1. The van der Waals surface area contributed by atoms with Crippen LogP contribution < -0.4 is 5.32 Å². The number of aliphatic hydroxyl groups excluding tert-OH is 1. The van der Waals surface area contributed by atoms with Crippen LogP contribution in [0.4, 0.5) is 0 Å². The number of rotatable bonds is 5. The number of hydrogen-bond acceptors (Lipinski definition) is 3. The van der Waals surface area contributed by atoms with Gasteiger partial charge in [0.1, 0.15) is 5.58 Å². The molecule has 1 atom stereocenters. The van der Waals surface area contributed by atoms with Crippen LogP contribution in [0.2, 0.25) is 0 Å². The van der Waals surface area contributed by atoms with Gasteiger partial charge in [-0.1, -0.05) is 15.9 Å². The third-order valence-electron chi connectivity index (χ3n) is 3.28. The highest BCUT2D eigenvalue weighted by Gasteiger charge is 2.19. The number of hydrogen-bond donors (Lipinski definition) is 2. The minimum Gasteiger partial charge on any atom is -0.451 e. The lowest BCUT2D eigenvalue weighted by Crippen LogP contribution is -2.32. The van der Waals surface area contributed by atoms with E-state index in [1.807, 2.05) is 32.0 Å². The number of amides is 1. The molecule has 1 amide bonds. The molecule has 2 rings (SSSR count). The number of benzene rings is 1. The smallest absolute Gasteiger partial charge is 0.287 e. The second-order valence-electron chi connectivity index (χ2n) is 4.94. The van der Waals surface area contributed by atoms with Crippen molar-refractivity contribution < 1.29 is 14.3 Å². The predicted molar refractivity (Wildman–Crippen MR) is 81.9 cm³/mol. The quantitative estimate of drug-likeness (QED) is 0.877. The van der Waals surface area contributed by atoms with Gasteiger partial charge in [0.05, 0.1) is 0 Å². The first-order valence-corrected chi connectivity index (χ1v) is 7.42. The standard InChI is InChI=1S/C15H18BrNO3/c1-9(4-3-7-18)17-15(19)14-10(2)12-8-11(16)5-6-13(12)20-14/h5-6,8-9,18H,3-4,7H2,1-2H3,(H,17,19). The van der Waals surface area contributed by atoms with Crippen LogP contribution in [0, 0.1) is 6.92 Å². The highest BCUT2D eigenvalue weighted by atomic mass is 79.9. The fourth-order valence-corrected chi connectivity index (χ4v) is 2.53. The summed E-state index contributed by atoms with van der Waals surface area (Å²) in [5.41, 5.74) is 1.55. The van der Waals surface area contributed by atoms with Gasteiger partial charge in [-0.15, -0.1) is 0 Å². The summed E-state index contributed by atoms with van der Waals surface area (Å²) >= 11 is 3.42. The Morgan fingerprint density at radius 2 is 2.25 bits per heavy atom. The van der Waals surface area contributed by atoms with Crippen LogP contribution in [0.1, 0.15) is 35.9 Å². The molecular weight excluding hydrogens is 322 g/mol. The van der Waals surface area contributed by atoms with Gasteiger partial charge in [-0.25, -0.2) is 0 Å². The van der Waals surface area contributed by atoms with E-state index in [1.165, 1.54) is 0 Å². The predicted octanol–water partition coefficient (Wildman–Crippen LogP) is 3.39. The van der Waals surface area contributed by atoms with Crippen molar-refractivity contribution in [3.8, 4) is 0 Å². The zero-order chi connectivity index (χ0) is 14.7. The highest BCUT2D eigenvalue weighted by molar-refractivity contribution is 9.10. The molecule has 5 heteroatoms. The number of furan rings is 1. The first-order chi connectivity index (χ1) is 9.52. The van der Waals surface area contributed by atoms with Gasteiger partial charge in [0.15, 0.2) is 5.76 Å². The Bertz CT molecular complexity index is 621. The number of fused-ring (bicyclic) bond motifs is 1. The fourth-order valence-electron chi connectivity index (χ4n) is 2.17. The molecule has 2 N–H and O–H groups in total. The maximum atomic E-state index is 12.2. The lowest BCUT2D eigenvalue weighted by atomic mass is 10.1. The van der Waals surface area contributed by atoms with Gasteiger partial charge in [0.2, 0.25) is 0 Å². The molecule has 20 heavy (non-hydrogen) atoms. The number of aryl methyl sites for hydroxylation is 1. The molecule has 1 aromatic carbocycles. The molecule has 0 bridgehead atoms. The molecule has 1 aromatic heterocycles. The third kappa shape index (κ3) is 3.22. The molecule has 0 spiro atoms. The average molecular weight is 340 g/mol. The lowest BCUT2D eigenvalue weighted by molar-refractivity contribution is 0.0909. The van der Waals surface area contributed by atoms with Crippen molar-refractivity contribution in [1.29, 1.82) is 0 Å². The Kier molecular flexibility index (Phi) is 4.83. The molecule has 1 unspecified atom stereocenters. The van der Waals surface area contributed by atoms with Gasteiger partial charge in [-0.3, -0.25) is 4.79 Å². The normalized spacial score (nSPS) is 12.6. The summed E-state index contributed by atoms with van der Waals surface area (Å²) < 4.78 is 6.59. The van der Waals surface area contributed by atoms with Crippen LogP contribution in [-0.2, 0) is 0 Å². The van der Waals surface area contributed by atoms with Gasteiger partial charge in [-0.2, -0.15) is 0 Å². The molecule has 0 radical (unpaired) electrons. The van der Waals surface area contributed by atoms with E-state index in [2.05, 4.69) is 21.2 Å². The summed E-state index contributed by atoms with van der Waals surface area (Å²) in [6, 6.07) is 5.68. The topological polar surface area (TPSA) is 62.5 Å². The van der Waals surface area contributed by atoms with Crippen LogP contribution in [0.25, 0.3) is 11.0 Å². The minimum atomic E-state index is -0.208. The van der Waals surface area contributed by atoms with Gasteiger partial charge in [-0.05, 0) is 44.9 Å². The van der Waals surface area contributed by atoms with E-state index in [1.54, 1.807) is 0 Å². The summed E-state index contributed by atoms with van der Waals surface area (Å²) in [4.78, 5) is 12.2. The van der Waals surface area contributed by atoms with Gasteiger partial charge >= 0.3 is 0 Å². The van der Waals surface area contributed by atoms with Gasteiger partial charge in [0.25, 0.3) is 5.91 Å². The van der Waals surface area contributed by atoms with Crippen molar-refractivity contribution in [3.05, 3.63) is 34.0 Å². The van der Waals surface area contributed by atoms with E-state index < -0.39 is 0 Å². The van der Waals surface area contributed by atoms with Crippen LogP contribution in [-0.4, -0.2) is 23.7 Å². The molecule has 108 valence electrons. The lowest BCUT2D eigenvalue weighted by Gasteiger charge is -2.12. The third-order valence-corrected chi connectivity index (χ3v) is 3.77. The SMILES string of the molecule is Cc1c(C(=O)NC(C)CCCO)oc2ccc(Br)cc12. The van der Waals surface area contributed by atoms with E-state index in [9.17, 15) is 4.79 Å². The van der Waals surface area contributed by atoms with Crippen molar-refractivity contribution in [1.82, 2.24) is 5.32 Å². The molecule has 0 aliphatic carbocycles. The highest BCUT2D eigenvalue weighted by Crippen LogP contribution is 2.28. The maximum absolute atomic E-state index is 12.2. The number of nitrogens with one attached hydrogen (secondary N) is 1. The van der Waals surface area contributed by atoms with E-state index in [-0.39, 0.29) is 18.6 Å². The van der Waals surface area contributed by atoms with Crippen LogP contribution >= 0.6 is 15.9 Å². The van der Waals surface area contributed by atoms with Crippen LogP contribution in [0.5, 0.6) is 0 Å². The summed E-state index contributed by atoms with van der Waals surface area (Å²) in [6.07, 6.45) is 1.42. The monoisotopic (exact) mass is 339 g/mol. The van der Waals surface area contributed by atoms with Crippen molar-refractivity contribution in [2.45, 2.75) is 32.7 Å². The molecule has 0 saturated heterocycles. The molecule has 0 aliphatic rings. The molecule has 0 fully saturated rings.